The number of para-hydroxylation sites is 1. The van der Waals surface area contributed by atoms with Gasteiger partial charge in [-0.25, -0.2) is 0 Å². The second kappa shape index (κ2) is 11.2. The van der Waals surface area contributed by atoms with E-state index in [4.69, 9.17) is 4.74 Å². The quantitative estimate of drug-likeness (QED) is 0.166. The maximum atomic E-state index is 13.0. The van der Waals surface area contributed by atoms with Crippen LogP contribution in [-0.2, 0) is 16.2 Å². The highest BCUT2D eigenvalue weighted by Crippen LogP contribution is 2.34. The summed E-state index contributed by atoms with van der Waals surface area (Å²) in [6.45, 7) is -0.262. The van der Waals surface area contributed by atoms with Gasteiger partial charge in [0.1, 0.15) is 18.9 Å². The maximum Gasteiger partial charge on any atom is 0.294 e. The molecule has 1 heterocycles. The van der Waals surface area contributed by atoms with Gasteiger partial charge in [-0.15, -0.1) is 0 Å². The Morgan fingerprint density at radius 1 is 0.949 bits per heavy atom. The molecule has 5 rings (SSSR count). The summed E-state index contributed by atoms with van der Waals surface area (Å²) >= 11 is 0.754. The lowest BCUT2D eigenvalue weighted by atomic mass is 10.1. The van der Waals surface area contributed by atoms with Crippen LogP contribution in [0.4, 0.5) is 16.2 Å². The van der Waals surface area contributed by atoms with Crippen molar-refractivity contribution in [3.8, 4) is 5.75 Å². The highest BCUT2D eigenvalue weighted by molar-refractivity contribution is 8.18. The van der Waals surface area contributed by atoms with Crippen molar-refractivity contribution >= 4 is 57.0 Å². The summed E-state index contributed by atoms with van der Waals surface area (Å²) in [5, 5.41) is 14.9. The number of anilines is 1. The molecule has 1 fully saturated rings. The first-order chi connectivity index (χ1) is 18.9. The van der Waals surface area contributed by atoms with Crippen LogP contribution in [0.3, 0.4) is 0 Å². The molecule has 0 radical (unpaired) electrons. The van der Waals surface area contributed by atoms with Crippen molar-refractivity contribution in [3.63, 3.8) is 0 Å². The third kappa shape index (κ3) is 5.81. The molecule has 0 saturated carbocycles. The van der Waals surface area contributed by atoms with Crippen LogP contribution >= 0.6 is 11.8 Å². The third-order valence-corrected chi connectivity index (χ3v) is 6.89. The van der Waals surface area contributed by atoms with Gasteiger partial charge in [0, 0.05) is 28.8 Å². The number of amides is 3. The van der Waals surface area contributed by atoms with E-state index >= 15 is 0 Å². The number of thioether (sulfide) groups is 1. The molecule has 3 amide bonds. The largest absolute Gasteiger partial charge is 0.488 e. The molecule has 0 atom stereocenters. The van der Waals surface area contributed by atoms with E-state index in [1.807, 2.05) is 36.4 Å². The first kappa shape index (κ1) is 25.7. The number of nitro groups is 1. The number of non-ortho nitro benzene ring substituents is 1. The van der Waals surface area contributed by atoms with E-state index in [-0.39, 0.29) is 17.2 Å². The molecule has 9 nitrogen and oxygen atoms in total. The molecule has 194 valence electrons. The summed E-state index contributed by atoms with van der Waals surface area (Å²) < 4.78 is 5.89. The molecule has 1 aliphatic rings. The van der Waals surface area contributed by atoms with Gasteiger partial charge in [-0.05, 0) is 53.1 Å². The number of nitrogens with zero attached hydrogens (tertiary/aromatic N) is 2. The fraction of sp³-hybridized carbons (Fsp3) is 0.0690. The maximum absolute atomic E-state index is 13.0. The van der Waals surface area contributed by atoms with Crippen molar-refractivity contribution in [3.05, 3.63) is 117 Å². The lowest BCUT2D eigenvalue weighted by Gasteiger charge is -2.13. The molecule has 0 aromatic heterocycles. The van der Waals surface area contributed by atoms with Gasteiger partial charge in [-0.2, -0.15) is 0 Å². The van der Waals surface area contributed by atoms with Gasteiger partial charge >= 0.3 is 0 Å². The van der Waals surface area contributed by atoms with Crippen molar-refractivity contribution in [2.24, 2.45) is 0 Å². The fourth-order valence-electron chi connectivity index (χ4n) is 4.05. The first-order valence-electron chi connectivity index (χ1n) is 11.9. The lowest BCUT2D eigenvalue weighted by Crippen LogP contribution is -2.36. The number of imide groups is 1. The van der Waals surface area contributed by atoms with Crippen molar-refractivity contribution in [2.45, 2.75) is 6.61 Å². The fourth-order valence-corrected chi connectivity index (χ4v) is 4.88. The van der Waals surface area contributed by atoms with Crippen molar-refractivity contribution in [2.75, 3.05) is 11.9 Å². The number of nitrogens with one attached hydrogen (secondary N) is 1. The monoisotopic (exact) mass is 539 g/mol. The standard InChI is InChI=1S/C29H21N3O6S/c33-27(30-24-10-5-8-20-6-1-3-9-23(20)24)17-31-28(34)26(39-29(31)35)16-21-7-2-4-11-25(21)38-18-19-12-14-22(15-13-19)32(36)37/h1-16H,17-18H2,(H,30,33)/b26-16-. The van der Waals surface area contributed by atoms with Gasteiger partial charge in [0.15, 0.2) is 0 Å². The molecule has 4 aromatic carbocycles. The van der Waals surface area contributed by atoms with E-state index in [0.717, 1.165) is 33.0 Å². The minimum atomic E-state index is -0.566. The molecular weight excluding hydrogens is 518 g/mol. The van der Waals surface area contributed by atoms with Crippen molar-refractivity contribution in [1.29, 1.82) is 0 Å². The number of nitro benzene ring substituents is 1. The second-order valence-corrected chi connectivity index (χ2v) is 9.59. The van der Waals surface area contributed by atoms with Gasteiger partial charge < -0.3 is 10.1 Å². The number of hydrogen-bond acceptors (Lipinski definition) is 7. The molecule has 1 aliphatic heterocycles. The summed E-state index contributed by atoms with van der Waals surface area (Å²) in [6.07, 6.45) is 1.55. The van der Waals surface area contributed by atoms with Gasteiger partial charge in [-0.1, -0.05) is 54.6 Å². The summed E-state index contributed by atoms with van der Waals surface area (Å²) in [4.78, 5) is 49.9. The predicted molar refractivity (Wildman–Crippen MR) is 149 cm³/mol. The topological polar surface area (TPSA) is 119 Å². The Morgan fingerprint density at radius 2 is 1.67 bits per heavy atom. The number of carbonyl (C=O) groups excluding carboxylic acids is 3. The Hall–Kier alpha value is -4.96. The van der Waals surface area contributed by atoms with Crippen LogP contribution in [0.25, 0.3) is 16.8 Å². The summed E-state index contributed by atoms with van der Waals surface area (Å²) in [5.41, 5.74) is 1.89. The van der Waals surface area contributed by atoms with Gasteiger partial charge in [0.25, 0.3) is 16.8 Å². The summed E-state index contributed by atoms with van der Waals surface area (Å²) in [5.74, 6) is -0.582. The minimum absolute atomic E-state index is 0.0133. The number of rotatable bonds is 8. The average Bonchev–Trinajstić information content (AvgIpc) is 3.20. The van der Waals surface area contributed by atoms with Crippen LogP contribution in [0, 0.1) is 10.1 Å². The second-order valence-electron chi connectivity index (χ2n) is 8.59. The van der Waals surface area contributed by atoms with Crippen LogP contribution in [0.5, 0.6) is 5.75 Å². The van der Waals surface area contributed by atoms with E-state index in [1.54, 1.807) is 48.5 Å². The molecule has 0 bridgehead atoms. The van der Waals surface area contributed by atoms with Gasteiger partial charge in [0.2, 0.25) is 5.91 Å². The molecule has 0 spiro atoms. The van der Waals surface area contributed by atoms with Gasteiger partial charge in [-0.3, -0.25) is 29.4 Å². The van der Waals surface area contributed by atoms with Crippen LogP contribution in [-0.4, -0.2) is 33.4 Å². The van der Waals surface area contributed by atoms with Crippen LogP contribution < -0.4 is 10.1 Å². The molecule has 0 unspecified atom stereocenters. The number of ether oxygens (including phenoxy) is 1. The highest BCUT2D eigenvalue weighted by atomic mass is 32.2. The number of hydrogen-bond donors (Lipinski definition) is 1. The van der Waals surface area contributed by atoms with E-state index in [1.165, 1.54) is 12.1 Å². The zero-order valence-electron chi connectivity index (χ0n) is 20.4. The first-order valence-corrected chi connectivity index (χ1v) is 12.7. The smallest absolute Gasteiger partial charge is 0.294 e. The lowest BCUT2D eigenvalue weighted by molar-refractivity contribution is -0.384. The van der Waals surface area contributed by atoms with Crippen LogP contribution in [0.1, 0.15) is 11.1 Å². The SMILES string of the molecule is O=C(CN1C(=O)S/C(=C\c2ccccc2OCc2ccc([N+](=O)[O-])cc2)C1=O)Nc1cccc2ccccc12. The molecule has 1 saturated heterocycles. The average molecular weight is 540 g/mol. The molecule has 39 heavy (non-hydrogen) atoms. The highest BCUT2D eigenvalue weighted by Gasteiger charge is 2.36. The normalized spacial score (nSPS) is 14.2. The van der Waals surface area contributed by atoms with Crippen molar-refractivity contribution < 1.29 is 24.0 Å². The molecule has 4 aromatic rings. The van der Waals surface area contributed by atoms with E-state index in [9.17, 15) is 24.5 Å². The molecular formula is C29H21N3O6S. The minimum Gasteiger partial charge on any atom is -0.488 e. The summed E-state index contributed by atoms with van der Waals surface area (Å²) in [6, 6.07) is 26.1. The van der Waals surface area contributed by atoms with E-state index in [0.29, 0.717) is 17.0 Å². The van der Waals surface area contributed by atoms with Crippen LogP contribution in [0.2, 0.25) is 0 Å². The zero-order valence-corrected chi connectivity index (χ0v) is 21.2. The Labute approximate surface area is 227 Å². The Bertz CT molecular complexity index is 1630. The Morgan fingerprint density at radius 3 is 2.46 bits per heavy atom. The Balaban J connectivity index is 1.27. The molecule has 1 N–H and O–H groups in total. The third-order valence-electron chi connectivity index (χ3n) is 5.99. The van der Waals surface area contributed by atoms with Crippen LogP contribution in [0.15, 0.2) is 95.9 Å². The summed E-state index contributed by atoms with van der Waals surface area (Å²) in [7, 11) is 0. The van der Waals surface area contributed by atoms with Gasteiger partial charge in [0.05, 0.1) is 9.83 Å². The molecule has 0 aliphatic carbocycles. The zero-order chi connectivity index (χ0) is 27.4. The molecule has 10 heteroatoms. The van der Waals surface area contributed by atoms with E-state index < -0.39 is 28.5 Å². The Kier molecular flexibility index (Phi) is 7.37. The number of fused-ring (bicyclic) bond motifs is 1. The van der Waals surface area contributed by atoms with Crippen molar-refractivity contribution in [1.82, 2.24) is 4.90 Å². The predicted octanol–water partition coefficient (Wildman–Crippen LogP) is 6.00. The number of benzene rings is 4. The van der Waals surface area contributed by atoms with E-state index in [2.05, 4.69) is 5.32 Å². The number of carbonyl (C=O) groups is 3.